The number of halogens is 1. The summed E-state index contributed by atoms with van der Waals surface area (Å²) in [6.45, 7) is 1.17. The topological polar surface area (TPSA) is 75.4 Å². The third kappa shape index (κ3) is 3.96. The number of piperidine rings is 1. The molecule has 0 amide bonds. The van der Waals surface area contributed by atoms with Crippen molar-refractivity contribution in [3.05, 3.63) is 21.8 Å². The predicted octanol–water partition coefficient (Wildman–Crippen LogP) is 1.71. The van der Waals surface area contributed by atoms with Gasteiger partial charge in [0.05, 0.1) is 6.26 Å². The quantitative estimate of drug-likeness (QED) is 0.604. The van der Waals surface area contributed by atoms with E-state index < -0.39 is 10.0 Å². The minimum absolute atomic E-state index is 0.315. The average molecular weight is 395 g/mol. The van der Waals surface area contributed by atoms with E-state index in [2.05, 4.69) is 27.9 Å². The zero-order chi connectivity index (χ0) is 14.0. The lowest BCUT2D eigenvalue weighted by atomic mass is 10.1. The molecule has 2 rings (SSSR count). The van der Waals surface area contributed by atoms with Gasteiger partial charge in [0.2, 0.25) is 10.0 Å². The molecule has 0 spiro atoms. The molecule has 7 heteroatoms. The first-order valence-electron chi connectivity index (χ1n) is 6.13. The highest BCUT2D eigenvalue weighted by molar-refractivity contribution is 14.1. The maximum atomic E-state index is 11.4. The number of rotatable bonds is 3. The molecule has 1 fully saturated rings. The minimum Gasteiger partial charge on any atom is -0.399 e. The van der Waals surface area contributed by atoms with Gasteiger partial charge in [-0.25, -0.2) is 12.7 Å². The number of hydrogen-bond acceptors (Lipinski definition) is 4. The van der Waals surface area contributed by atoms with Crippen LogP contribution in [0.5, 0.6) is 0 Å². The van der Waals surface area contributed by atoms with Crippen molar-refractivity contribution >= 4 is 44.0 Å². The zero-order valence-corrected chi connectivity index (χ0v) is 13.7. The molecule has 5 nitrogen and oxygen atoms in total. The molecule has 106 valence electrons. The molecule has 1 aromatic carbocycles. The summed E-state index contributed by atoms with van der Waals surface area (Å²) in [5.74, 6) is 0. The summed E-state index contributed by atoms with van der Waals surface area (Å²) in [6, 6.07) is 6.08. The van der Waals surface area contributed by atoms with E-state index in [1.54, 1.807) is 4.31 Å². The molecule has 1 aromatic rings. The molecule has 19 heavy (non-hydrogen) atoms. The Labute approximate surface area is 127 Å². The molecule has 1 aliphatic heterocycles. The van der Waals surface area contributed by atoms with E-state index in [0.29, 0.717) is 19.1 Å². The number of nitrogen functional groups attached to an aromatic ring is 1. The van der Waals surface area contributed by atoms with Gasteiger partial charge >= 0.3 is 0 Å². The SMILES string of the molecule is CS(=O)(=O)N1CCC(Nc2ccc(N)cc2I)CC1. The summed E-state index contributed by atoms with van der Waals surface area (Å²) in [5, 5.41) is 3.46. The third-order valence-electron chi connectivity index (χ3n) is 3.28. The van der Waals surface area contributed by atoms with Crippen LogP contribution in [0.25, 0.3) is 0 Å². The number of nitrogens with one attached hydrogen (secondary N) is 1. The molecule has 1 aliphatic rings. The molecular weight excluding hydrogens is 377 g/mol. The lowest BCUT2D eigenvalue weighted by Gasteiger charge is -2.31. The molecule has 1 saturated heterocycles. The van der Waals surface area contributed by atoms with E-state index in [-0.39, 0.29) is 0 Å². The first-order chi connectivity index (χ1) is 8.86. The second kappa shape index (κ2) is 5.84. The second-order valence-corrected chi connectivity index (χ2v) is 7.96. The summed E-state index contributed by atoms with van der Waals surface area (Å²) in [6.07, 6.45) is 2.92. The zero-order valence-electron chi connectivity index (χ0n) is 10.8. The summed E-state index contributed by atoms with van der Waals surface area (Å²) in [5.41, 5.74) is 7.54. The van der Waals surface area contributed by atoms with E-state index in [1.165, 1.54) is 6.26 Å². The fourth-order valence-corrected chi connectivity index (χ4v) is 3.77. The largest absolute Gasteiger partial charge is 0.399 e. The Hall–Kier alpha value is -0.540. The van der Waals surface area contributed by atoms with Gasteiger partial charge in [-0.1, -0.05) is 0 Å². The summed E-state index contributed by atoms with van der Waals surface area (Å²) in [4.78, 5) is 0. The van der Waals surface area contributed by atoms with Crippen LogP contribution in [-0.4, -0.2) is 38.1 Å². The molecule has 3 N–H and O–H groups in total. The number of hydrogen-bond donors (Lipinski definition) is 2. The number of nitrogens with two attached hydrogens (primary N) is 1. The van der Waals surface area contributed by atoms with Gasteiger partial charge in [-0.2, -0.15) is 0 Å². The Morgan fingerprint density at radius 3 is 2.53 bits per heavy atom. The molecule has 1 heterocycles. The monoisotopic (exact) mass is 395 g/mol. The normalized spacial score (nSPS) is 18.4. The first kappa shape index (κ1) is 14.9. The van der Waals surface area contributed by atoms with Gasteiger partial charge in [0.1, 0.15) is 0 Å². The van der Waals surface area contributed by atoms with Gasteiger partial charge in [-0.15, -0.1) is 0 Å². The smallest absolute Gasteiger partial charge is 0.211 e. The molecule has 0 aromatic heterocycles. The Morgan fingerprint density at radius 1 is 1.37 bits per heavy atom. The maximum Gasteiger partial charge on any atom is 0.211 e. The molecule has 0 saturated carbocycles. The van der Waals surface area contributed by atoms with Gasteiger partial charge < -0.3 is 11.1 Å². The first-order valence-corrected chi connectivity index (χ1v) is 9.05. The second-order valence-electron chi connectivity index (χ2n) is 4.82. The molecule has 0 bridgehead atoms. The van der Waals surface area contributed by atoms with E-state index in [9.17, 15) is 8.42 Å². The lowest BCUT2D eigenvalue weighted by molar-refractivity contribution is 0.332. The van der Waals surface area contributed by atoms with Crippen LogP contribution < -0.4 is 11.1 Å². The maximum absolute atomic E-state index is 11.4. The Kier molecular flexibility index (Phi) is 4.57. The number of anilines is 2. The van der Waals surface area contributed by atoms with Crippen molar-refractivity contribution in [3.8, 4) is 0 Å². The van der Waals surface area contributed by atoms with Crippen LogP contribution in [0.15, 0.2) is 18.2 Å². The highest BCUT2D eigenvalue weighted by Crippen LogP contribution is 2.24. The highest BCUT2D eigenvalue weighted by Gasteiger charge is 2.24. The van der Waals surface area contributed by atoms with Crippen molar-refractivity contribution in [2.45, 2.75) is 18.9 Å². The van der Waals surface area contributed by atoms with Crippen molar-refractivity contribution in [2.24, 2.45) is 0 Å². The Bertz CT molecular complexity index is 554. The minimum atomic E-state index is -3.05. The van der Waals surface area contributed by atoms with Crippen LogP contribution in [0.2, 0.25) is 0 Å². The van der Waals surface area contributed by atoms with Crippen molar-refractivity contribution in [3.63, 3.8) is 0 Å². The van der Waals surface area contributed by atoms with Crippen molar-refractivity contribution in [2.75, 3.05) is 30.4 Å². The fourth-order valence-electron chi connectivity index (χ4n) is 2.20. The Morgan fingerprint density at radius 2 is 2.00 bits per heavy atom. The molecule has 0 unspecified atom stereocenters. The van der Waals surface area contributed by atoms with E-state index >= 15 is 0 Å². The van der Waals surface area contributed by atoms with Gasteiger partial charge in [0.25, 0.3) is 0 Å². The van der Waals surface area contributed by atoms with Crippen LogP contribution in [0, 0.1) is 3.57 Å². The molecule has 0 aliphatic carbocycles. The fraction of sp³-hybridized carbons (Fsp3) is 0.500. The lowest BCUT2D eigenvalue weighted by Crippen LogP contribution is -2.41. The van der Waals surface area contributed by atoms with Crippen molar-refractivity contribution in [1.82, 2.24) is 4.31 Å². The van der Waals surface area contributed by atoms with Gasteiger partial charge in [-0.05, 0) is 53.6 Å². The van der Waals surface area contributed by atoms with Crippen LogP contribution in [-0.2, 0) is 10.0 Å². The van der Waals surface area contributed by atoms with E-state index in [4.69, 9.17) is 5.73 Å². The molecular formula is C12H18IN3O2S. The molecule has 0 radical (unpaired) electrons. The number of sulfonamides is 1. The third-order valence-corrected chi connectivity index (χ3v) is 5.47. The van der Waals surface area contributed by atoms with E-state index in [0.717, 1.165) is 27.8 Å². The van der Waals surface area contributed by atoms with Gasteiger partial charge in [0.15, 0.2) is 0 Å². The number of nitrogens with zero attached hydrogens (tertiary/aromatic N) is 1. The van der Waals surface area contributed by atoms with Crippen LogP contribution in [0.1, 0.15) is 12.8 Å². The average Bonchev–Trinajstić information content (AvgIpc) is 2.32. The standard InChI is InChI=1S/C12H18IN3O2S/c1-19(17,18)16-6-4-10(5-7-16)15-12-3-2-9(14)8-11(12)13/h2-3,8,10,15H,4-7,14H2,1H3. The van der Waals surface area contributed by atoms with Gasteiger partial charge in [0, 0.05) is 34.1 Å². The highest BCUT2D eigenvalue weighted by atomic mass is 127. The van der Waals surface area contributed by atoms with Gasteiger partial charge in [-0.3, -0.25) is 0 Å². The van der Waals surface area contributed by atoms with Crippen LogP contribution in [0.3, 0.4) is 0 Å². The Balaban J connectivity index is 1.96. The van der Waals surface area contributed by atoms with Crippen molar-refractivity contribution in [1.29, 1.82) is 0 Å². The summed E-state index contributed by atoms with van der Waals surface area (Å²) >= 11 is 2.25. The predicted molar refractivity (Wildman–Crippen MR) is 86.6 cm³/mol. The van der Waals surface area contributed by atoms with Crippen LogP contribution >= 0.6 is 22.6 Å². The summed E-state index contributed by atoms with van der Waals surface area (Å²) < 4.78 is 25.5. The van der Waals surface area contributed by atoms with Crippen LogP contribution in [0.4, 0.5) is 11.4 Å². The van der Waals surface area contributed by atoms with Crippen molar-refractivity contribution < 1.29 is 8.42 Å². The van der Waals surface area contributed by atoms with E-state index in [1.807, 2.05) is 18.2 Å². The molecule has 0 atom stereocenters. The number of benzene rings is 1. The summed E-state index contributed by atoms with van der Waals surface area (Å²) in [7, 11) is -3.05.